The summed E-state index contributed by atoms with van der Waals surface area (Å²) in [6.07, 6.45) is 3.36. The quantitative estimate of drug-likeness (QED) is 0.865. The molecule has 0 bridgehead atoms. The van der Waals surface area contributed by atoms with Gasteiger partial charge in [-0.05, 0) is 45.2 Å². The molecule has 1 aliphatic carbocycles. The van der Waals surface area contributed by atoms with Crippen LogP contribution in [0.4, 0.5) is 4.79 Å². The number of amides is 2. The molecule has 1 fully saturated rings. The molecule has 0 saturated heterocycles. The molecule has 142 valence electrons. The SMILES string of the molecule is CC(C)(C)OC(=O)NCC1(NC(=O)C2Cc3ccccc3O2)CCCC1. The van der Waals surface area contributed by atoms with Crippen LogP contribution in [0.1, 0.15) is 52.0 Å². The van der Waals surface area contributed by atoms with Crippen LogP contribution in [0.2, 0.25) is 0 Å². The number of para-hydroxylation sites is 1. The van der Waals surface area contributed by atoms with E-state index in [0.29, 0.717) is 13.0 Å². The van der Waals surface area contributed by atoms with Gasteiger partial charge in [-0.15, -0.1) is 0 Å². The van der Waals surface area contributed by atoms with Crippen LogP contribution in [-0.2, 0) is 16.0 Å². The van der Waals surface area contributed by atoms with Crippen LogP contribution in [0.25, 0.3) is 0 Å². The topological polar surface area (TPSA) is 76.7 Å². The number of hydrogen-bond donors (Lipinski definition) is 2. The predicted molar refractivity (Wildman–Crippen MR) is 98.1 cm³/mol. The van der Waals surface area contributed by atoms with Crippen molar-refractivity contribution >= 4 is 12.0 Å². The van der Waals surface area contributed by atoms with Crippen LogP contribution >= 0.6 is 0 Å². The molecule has 2 amide bonds. The van der Waals surface area contributed by atoms with Gasteiger partial charge in [0.25, 0.3) is 5.91 Å². The van der Waals surface area contributed by atoms with E-state index < -0.39 is 23.3 Å². The number of nitrogens with one attached hydrogen (secondary N) is 2. The van der Waals surface area contributed by atoms with Crippen molar-refractivity contribution in [3.8, 4) is 5.75 Å². The number of ether oxygens (including phenoxy) is 2. The Balaban J connectivity index is 1.58. The molecule has 6 nitrogen and oxygen atoms in total. The summed E-state index contributed by atoms with van der Waals surface area (Å²) >= 11 is 0. The summed E-state index contributed by atoms with van der Waals surface area (Å²) in [7, 11) is 0. The van der Waals surface area contributed by atoms with Crippen molar-refractivity contribution in [3.63, 3.8) is 0 Å². The Morgan fingerprint density at radius 1 is 1.23 bits per heavy atom. The summed E-state index contributed by atoms with van der Waals surface area (Å²) in [6.45, 7) is 5.85. The van der Waals surface area contributed by atoms with E-state index in [1.165, 1.54) is 0 Å². The lowest BCUT2D eigenvalue weighted by molar-refractivity contribution is -0.129. The second-order valence-electron chi connectivity index (χ2n) is 8.25. The molecule has 1 heterocycles. The predicted octanol–water partition coefficient (Wildman–Crippen LogP) is 2.94. The Kier molecular flexibility index (Phi) is 5.12. The van der Waals surface area contributed by atoms with E-state index in [1.54, 1.807) is 0 Å². The average molecular weight is 360 g/mol. The molecule has 26 heavy (non-hydrogen) atoms. The third-order valence-electron chi connectivity index (χ3n) is 4.86. The van der Waals surface area contributed by atoms with E-state index >= 15 is 0 Å². The van der Waals surface area contributed by atoms with Crippen LogP contribution in [0, 0.1) is 0 Å². The lowest BCUT2D eigenvalue weighted by atomic mass is 9.96. The fourth-order valence-electron chi connectivity index (χ4n) is 3.62. The van der Waals surface area contributed by atoms with E-state index in [2.05, 4.69) is 10.6 Å². The van der Waals surface area contributed by atoms with Crippen LogP contribution in [-0.4, -0.2) is 35.8 Å². The normalized spacial score (nSPS) is 20.8. The maximum Gasteiger partial charge on any atom is 0.407 e. The molecule has 1 unspecified atom stereocenters. The first-order valence-corrected chi connectivity index (χ1v) is 9.30. The highest BCUT2D eigenvalue weighted by Gasteiger charge is 2.39. The van der Waals surface area contributed by atoms with Gasteiger partial charge >= 0.3 is 6.09 Å². The fraction of sp³-hybridized carbons (Fsp3) is 0.600. The van der Waals surface area contributed by atoms with Gasteiger partial charge in [0, 0.05) is 13.0 Å². The average Bonchev–Trinajstić information content (AvgIpc) is 3.18. The molecule has 6 heteroatoms. The molecule has 1 atom stereocenters. The molecule has 0 aromatic heterocycles. The molecule has 3 rings (SSSR count). The maximum atomic E-state index is 12.8. The van der Waals surface area contributed by atoms with Gasteiger partial charge in [-0.1, -0.05) is 31.0 Å². The van der Waals surface area contributed by atoms with Crippen molar-refractivity contribution < 1.29 is 19.1 Å². The first-order valence-electron chi connectivity index (χ1n) is 9.30. The molecule has 2 N–H and O–H groups in total. The highest BCUT2D eigenvalue weighted by Crippen LogP contribution is 2.32. The summed E-state index contributed by atoms with van der Waals surface area (Å²) in [6, 6.07) is 7.73. The van der Waals surface area contributed by atoms with Crippen LogP contribution in [0.5, 0.6) is 5.75 Å². The lowest BCUT2D eigenvalue weighted by Crippen LogP contribution is -2.57. The molecule has 0 spiro atoms. The van der Waals surface area contributed by atoms with Gasteiger partial charge in [0.1, 0.15) is 11.4 Å². The van der Waals surface area contributed by atoms with E-state index in [-0.39, 0.29) is 5.91 Å². The standard InChI is InChI=1S/C20H28N2O4/c1-19(2,3)26-18(24)21-13-20(10-6-7-11-20)22-17(23)16-12-14-8-4-5-9-15(14)25-16/h4-5,8-9,16H,6-7,10-13H2,1-3H3,(H,21,24)(H,22,23). The molecule has 1 saturated carbocycles. The van der Waals surface area contributed by atoms with Crippen molar-refractivity contribution in [2.75, 3.05) is 6.54 Å². The molecule has 1 aliphatic heterocycles. The van der Waals surface area contributed by atoms with Crippen molar-refractivity contribution in [1.29, 1.82) is 0 Å². The zero-order valence-electron chi connectivity index (χ0n) is 15.8. The van der Waals surface area contributed by atoms with Gasteiger partial charge in [0.2, 0.25) is 0 Å². The Bertz CT molecular complexity index is 650. The van der Waals surface area contributed by atoms with E-state index in [0.717, 1.165) is 37.0 Å². The van der Waals surface area contributed by atoms with E-state index in [1.807, 2.05) is 45.0 Å². The van der Waals surface area contributed by atoms with E-state index in [4.69, 9.17) is 9.47 Å². The second-order valence-corrected chi connectivity index (χ2v) is 8.25. The number of rotatable bonds is 4. The Morgan fingerprint density at radius 3 is 2.58 bits per heavy atom. The first kappa shape index (κ1) is 18.5. The lowest BCUT2D eigenvalue weighted by Gasteiger charge is -2.32. The van der Waals surface area contributed by atoms with Gasteiger partial charge in [0.15, 0.2) is 6.10 Å². The molecule has 1 aromatic carbocycles. The minimum absolute atomic E-state index is 0.117. The number of benzene rings is 1. The Hall–Kier alpha value is -2.24. The smallest absolute Gasteiger partial charge is 0.407 e. The van der Waals surface area contributed by atoms with Crippen molar-refractivity contribution in [1.82, 2.24) is 10.6 Å². The minimum atomic E-state index is -0.542. The number of hydrogen-bond acceptors (Lipinski definition) is 4. The Labute approximate surface area is 154 Å². The van der Waals surface area contributed by atoms with Crippen molar-refractivity contribution in [2.24, 2.45) is 0 Å². The van der Waals surface area contributed by atoms with Gasteiger partial charge < -0.3 is 20.1 Å². The van der Waals surface area contributed by atoms with Crippen LogP contribution in [0.15, 0.2) is 24.3 Å². The summed E-state index contributed by atoms with van der Waals surface area (Å²) in [5.41, 5.74) is 0.0890. The molecular weight excluding hydrogens is 332 g/mol. The monoisotopic (exact) mass is 360 g/mol. The summed E-state index contributed by atoms with van der Waals surface area (Å²) in [5.74, 6) is 0.661. The van der Waals surface area contributed by atoms with Gasteiger partial charge in [-0.25, -0.2) is 4.79 Å². The number of carbonyl (C=O) groups is 2. The molecule has 1 aromatic rings. The highest BCUT2D eigenvalue weighted by atomic mass is 16.6. The summed E-state index contributed by atoms with van der Waals surface area (Å²) in [4.78, 5) is 24.7. The van der Waals surface area contributed by atoms with Crippen LogP contribution in [0.3, 0.4) is 0 Å². The maximum absolute atomic E-state index is 12.8. The van der Waals surface area contributed by atoms with E-state index in [9.17, 15) is 9.59 Å². The number of alkyl carbamates (subject to hydrolysis) is 1. The number of fused-ring (bicyclic) bond motifs is 1. The molecule has 2 aliphatic rings. The van der Waals surface area contributed by atoms with Crippen molar-refractivity contribution in [3.05, 3.63) is 29.8 Å². The van der Waals surface area contributed by atoms with Gasteiger partial charge in [-0.3, -0.25) is 4.79 Å². The fourth-order valence-corrected chi connectivity index (χ4v) is 3.62. The summed E-state index contributed by atoms with van der Waals surface area (Å²) in [5, 5.41) is 5.97. The summed E-state index contributed by atoms with van der Waals surface area (Å²) < 4.78 is 11.1. The Morgan fingerprint density at radius 2 is 1.92 bits per heavy atom. The largest absolute Gasteiger partial charge is 0.480 e. The zero-order chi connectivity index (χ0) is 18.8. The third kappa shape index (κ3) is 4.48. The first-order chi connectivity index (χ1) is 12.3. The highest BCUT2D eigenvalue weighted by molar-refractivity contribution is 5.83. The van der Waals surface area contributed by atoms with Crippen LogP contribution < -0.4 is 15.4 Å². The minimum Gasteiger partial charge on any atom is -0.480 e. The third-order valence-corrected chi connectivity index (χ3v) is 4.86. The zero-order valence-corrected chi connectivity index (χ0v) is 15.8. The van der Waals surface area contributed by atoms with Gasteiger partial charge in [0.05, 0.1) is 5.54 Å². The molecular formula is C20H28N2O4. The number of carbonyl (C=O) groups excluding carboxylic acids is 2. The van der Waals surface area contributed by atoms with Gasteiger partial charge in [-0.2, -0.15) is 0 Å². The molecule has 0 radical (unpaired) electrons. The second kappa shape index (κ2) is 7.17. The van der Waals surface area contributed by atoms with Crippen molar-refractivity contribution in [2.45, 2.75) is 70.1 Å².